The maximum atomic E-state index is 12.6. The van der Waals surface area contributed by atoms with Gasteiger partial charge < -0.3 is 4.57 Å². The topological polar surface area (TPSA) is 63.1 Å². The van der Waals surface area contributed by atoms with Crippen molar-refractivity contribution in [1.82, 2.24) is 14.0 Å². The molecule has 0 fully saturated rings. The Labute approximate surface area is 125 Å². The third-order valence-electron chi connectivity index (χ3n) is 4.00. The molecule has 5 nitrogen and oxygen atoms in total. The molecule has 0 unspecified atom stereocenters. The van der Waals surface area contributed by atoms with Gasteiger partial charge in [0.1, 0.15) is 22.9 Å². The van der Waals surface area contributed by atoms with Crippen LogP contribution in [0.4, 0.5) is 0 Å². The lowest BCUT2D eigenvalue weighted by atomic mass is 10.2. The number of fused-ring (bicyclic) bond motifs is 5. The van der Waals surface area contributed by atoms with Gasteiger partial charge >= 0.3 is 0 Å². The first-order valence-electron chi connectivity index (χ1n) is 7.08. The Morgan fingerprint density at radius 2 is 1.95 bits per heavy atom. The van der Waals surface area contributed by atoms with Gasteiger partial charge in [0.25, 0.3) is 0 Å². The Kier molecular flexibility index (Phi) is 2.54. The van der Waals surface area contributed by atoms with Crippen LogP contribution in [0.15, 0.2) is 47.4 Å². The fraction of sp³-hybridized carbons (Fsp3) is 0.118. The molecule has 0 radical (unpaired) electrons. The van der Waals surface area contributed by atoms with Gasteiger partial charge in [0, 0.05) is 12.7 Å². The molecule has 5 heteroatoms. The fourth-order valence-corrected chi connectivity index (χ4v) is 3.10. The van der Waals surface area contributed by atoms with Crippen LogP contribution in [0.5, 0.6) is 0 Å². The summed E-state index contributed by atoms with van der Waals surface area (Å²) in [4.78, 5) is 17.0. The minimum absolute atomic E-state index is 0.165. The molecule has 0 aliphatic rings. The second-order valence-electron chi connectivity index (χ2n) is 5.08. The highest BCUT2D eigenvalue weighted by molar-refractivity contribution is 5.91. The summed E-state index contributed by atoms with van der Waals surface area (Å²) < 4.78 is 3.90. The molecule has 0 aliphatic heterocycles. The van der Waals surface area contributed by atoms with E-state index in [4.69, 9.17) is 0 Å². The highest BCUT2D eigenvalue weighted by Gasteiger charge is 2.19. The van der Waals surface area contributed by atoms with E-state index < -0.39 is 0 Å². The van der Waals surface area contributed by atoms with Crippen LogP contribution >= 0.6 is 0 Å². The molecule has 0 saturated carbocycles. The SMILES string of the molecule is CCn1c2ccccc2n2c3ncccc3c(=O)c(C#N)c12. The molecular weight excluding hydrogens is 276 g/mol. The Hall–Kier alpha value is -3.13. The molecule has 4 aromatic rings. The molecule has 3 aromatic heterocycles. The molecule has 0 saturated heterocycles. The summed E-state index contributed by atoms with van der Waals surface area (Å²) in [6.45, 7) is 2.67. The molecule has 0 N–H and O–H groups in total. The van der Waals surface area contributed by atoms with Gasteiger partial charge in [-0.3, -0.25) is 9.20 Å². The van der Waals surface area contributed by atoms with Crippen LogP contribution in [0.3, 0.4) is 0 Å². The van der Waals surface area contributed by atoms with E-state index in [2.05, 4.69) is 11.1 Å². The lowest BCUT2D eigenvalue weighted by molar-refractivity contribution is 0.815. The van der Waals surface area contributed by atoms with Crippen LogP contribution < -0.4 is 5.43 Å². The predicted octanol–water partition coefficient (Wildman–Crippen LogP) is 2.69. The number of imidazole rings is 1. The quantitative estimate of drug-likeness (QED) is 0.541. The van der Waals surface area contributed by atoms with E-state index >= 15 is 0 Å². The summed E-state index contributed by atoms with van der Waals surface area (Å²) >= 11 is 0. The zero-order valence-electron chi connectivity index (χ0n) is 11.9. The van der Waals surface area contributed by atoms with Gasteiger partial charge in [-0.15, -0.1) is 0 Å². The molecule has 0 aliphatic carbocycles. The number of pyridine rings is 2. The Morgan fingerprint density at radius 3 is 2.68 bits per heavy atom. The average Bonchev–Trinajstić information content (AvgIpc) is 2.90. The zero-order valence-corrected chi connectivity index (χ0v) is 11.9. The molecule has 0 bridgehead atoms. The van der Waals surface area contributed by atoms with Crippen molar-refractivity contribution >= 4 is 27.7 Å². The highest BCUT2D eigenvalue weighted by Crippen LogP contribution is 2.25. The largest absolute Gasteiger partial charge is 0.325 e. The smallest absolute Gasteiger partial charge is 0.211 e. The third-order valence-corrected chi connectivity index (χ3v) is 4.00. The second kappa shape index (κ2) is 4.43. The van der Waals surface area contributed by atoms with Gasteiger partial charge in [-0.1, -0.05) is 12.1 Å². The molecule has 22 heavy (non-hydrogen) atoms. The number of hydrogen-bond donors (Lipinski definition) is 0. The Balaban J connectivity index is 2.50. The first-order chi connectivity index (χ1) is 10.8. The first kappa shape index (κ1) is 12.6. The van der Waals surface area contributed by atoms with Crippen molar-refractivity contribution in [3.05, 3.63) is 58.4 Å². The Bertz CT molecular complexity index is 1140. The van der Waals surface area contributed by atoms with E-state index in [0.717, 1.165) is 11.0 Å². The van der Waals surface area contributed by atoms with E-state index in [1.807, 2.05) is 40.2 Å². The molecular formula is C17H12N4O. The lowest BCUT2D eigenvalue weighted by Crippen LogP contribution is -2.13. The van der Waals surface area contributed by atoms with E-state index in [1.165, 1.54) is 0 Å². The first-order valence-corrected chi connectivity index (χ1v) is 7.08. The summed E-state index contributed by atoms with van der Waals surface area (Å²) in [5, 5.41) is 9.99. The number of hydrogen-bond acceptors (Lipinski definition) is 3. The van der Waals surface area contributed by atoms with Crippen molar-refractivity contribution < 1.29 is 0 Å². The molecule has 1 aromatic carbocycles. The minimum Gasteiger partial charge on any atom is -0.325 e. The number of nitrogens with zero attached hydrogens (tertiary/aromatic N) is 4. The maximum Gasteiger partial charge on any atom is 0.211 e. The van der Waals surface area contributed by atoms with E-state index in [0.29, 0.717) is 23.2 Å². The van der Waals surface area contributed by atoms with Gasteiger partial charge in [-0.2, -0.15) is 5.26 Å². The predicted molar refractivity (Wildman–Crippen MR) is 84.9 cm³/mol. The highest BCUT2D eigenvalue weighted by atomic mass is 16.1. The van der Waals surface area contributed by atoms with Crippen molar-refractivity contribution in [3.8, 4) is 6.07 Å². The minimum atomic E-state index is -0.261. The van der Waals surface area contributed by atoms with Crippen molar-refractivity contribution in [3.63, 3.8) is 0 Å². The van der Waals surface area contributed by atoms with Crippen LogP contribution in [-0.2, 0) is 6.54 Å². The summed E-state index contributed by atoms with van der Waals surface area (Å²) in [7, 11) is 0. The molecule has 3 heterocycles. The van der Waals surface area contributed by atoms with E-state index in [-0.39, 0.29) is 11.0 Å². The molecule has 0 atom stereocenters. The summed E-state index contributed by atoms with van der Waals surface area (Å²) in [5.74, 6) is 0. The number of aryl methyl sites for hydroxylation is 1. The van der Waals surface area contributed by atoms with Gasteiger partial charge in [-0.25, -0.2) is 4.98 Å². The summed E-state index contributed by atoms with van der Waals surface area (Å²) in [5.41, 5.74) is 3.03. The van der Waals surface area contributed by atoms with Crippen molar-refractivity contribution in [2.75, 3.05) is 0 Å². The van der Waals surface area contributed by atoms with Crippen molar-refractivity contribution in [2.45, 2.75) is 13.5 Å². The van der Waals surface area contributed by atoms with E-state index in [1.54, 1.807) is 18.3 Å². The summed E-state index contributed by atoms with van der Waals surface area (Å²) in [6.07, 6.45) is 1.66. The molecule has 0 spiro atoms. The Morgan fingerprint density at radius 1 is 1.18 bits per heavy atom. The van der Waals surface area contributed by atoms with Gasteiger partial charge in [-0.05, 0) is 31.2 Å². The summed E-state index contributed by atoms with van der Waals surface area (Å²) in [6, 6.07) is 13.4. The maximum absolute atomic E-state index is 12.6. The monoisotopic (exact) mass is 288 g/mol. The second-order valence-corrected chi connectivity index (χ2v) is 5.08. The van der Waals surface area contributed by atoms with E-state index in [9.17, 15) is 10.1 Å². The molecule has 0 amide bonds. The van der Waals surface area contributed by atoms with Crippen LogP contribution in [0, 0.1) is 11.3 Å². The van der Waals surface area contributed by atoms with Crippen molar-refractivity contribution in [2.24, 2.45) is 0 Å². The molecule has 106 valence electrons. The van der Waals surface area contributed by atoms with Gasteiger partial charge in [0.15, 0.2) is 0 Å². The standard InChI is InChI=1S/C17H12N4O/c1-2-20-13-7-3-4-8-14(13)21-16-11(6-5-9-19-16)15(22)12(10-18)17(20)21/h3-9H,2H2,1H3. The third kappa shape index (κ3) is 1.41. The number of rotatable bonds is 1. The lowest BCUT2D eigenvalue weighted by Gasteiger charge is -2.06. The van der Waals surface area contributed by atoms with Crippen molar-refractivity contribution in [1.29, 1.82) is 5.26 Å². The number of para-hydroxylation sites is 2. The van der Waals surface area contributed by atoms with Gasteiger partial charge in [0.05, 0.1) is 16.4 Å². The fourth-order valence-electron chi connectivity index (χ4n) is 3.10. The van der Waals surface area contributed by atoms with Gasteiger partial charge in [0.2, 0.25) is 5.43 Å². The van der Waals surface area contributed by atoms with Crippen LogP contribution in [0.2, 0.25) is 0 Å². The number of nitriles is 1. The number of benzene rings is 1. The zero-order chi connectivity index (χ0) is 15.3. The normalized spacial score (nSPS) is 11.3. The van der Waals surface area contributed by atoms with Crippen LogP contribution in [0.25, 0.3) is 27.7 Å². The van der Waals surface area contributed by atoms with Crippen LogP contribution in [-0.4, -0.2) is 14.0 Å². The average molecular weight is 288 g/mol. The van der Waals surface area contributed by atoms with Crippen LogP contribution in [0.1, 0.15) is 12.5 Å². The molecule has 4 rings (SSSR count). The number of aromatic nitrogens is 3.